The quantitative estimate of drug-likeness (QED) is 0.746. The second-order valence-electron chi connectivity index (χ2n) is 7.95. The Balaban J connectivity index is 1.97. The number of benzene rings is 1. The van der Waals surface area contributed by atoms with E-state index in [1.807, 2.05) is 10.7 Å². The predicted molar refractivity (Wildman–Crippen MR) is 113 cm³/mol. The van der Waals surface area contributed by atoms with Gasteiger partial charge < -0.3 is 15.8 Å². The summed E-state index contributed by atoms with van der Waals surface area (Å²) in [6, 6.07) is 6.24. The van der Waals surface area contributed by atoms with Crippen LogP contribution in [0.5, 0.6) is 0 Å². The molecular weight excluding hydrogens is 366 g/mol. The first-order chi connectivity index (χ1) is 13.9. The summed E-state index contributed by atoms with van der Waals surface area (Å²) in [5, 5.41) is 7.38. The van der Waals surface area contributed by atoms with Crippen LogP contribution in [0.15, 0.2) is 18.2 Å². The summed E-state index contributed by atoms with van der Waals surface area (Å²) >= 11 is 0. The maximum Gasteiger partial charge on any atom is 0.227 e. The SMILES string of the molecule is CCCO[C@H]1C[C@@H](c2nc(CC(=O)NC)nn2-c2cccc(C)c2C)CC[C@@H]1N. The molecule has 3 atom stereocenters. The van der Waals surface area contributed by atoms with E-state index in [-0.39, 0.29) is 30.4 Å². The molecule has 1 fully saturated rings. The Bertz CT molecular complexity index is 848. The number of hydrogen-bond donors (Lipinski definition) is 2. The van der Waals surface area contributed by atoms with E-state index in [4.69, 9.17) is 20.6 Å². The highest BCUT2D eigenvalue weighted by atomic mass is 16.5. The smallest absolute Gasteiger partial charge is 0.227 e. The highest BCUT2D eigenvalue weighted by molar-refractivity contribution is 5.77. The highest BCUT2D eigenvalue weighted by Crippen LogP contribution is 2.34. The number of aryl methyl sites for hydroxylation is 1. The zero-order valence-electron chi connectivity index (χ0n) is 17.9. The van der Waals surface area contributed by atoms with E-state index < -0.39 is 0 Å². The van der Waals surface area contributed by atoms with Gasteiger partial charge in [-0.2, -0.15) is 5.10 Å². The molecule has 0 spiro atoms. The van der Waals surface area contributed by atoms with Crippen LogP contribution in [-0.2, 0) is 16.0 Å². The van der Waals surface area contributed by atoms with Gasteiger partial charge in [0.2, 0.25) is 5.91 Å². The molecule has 1 aromatic heterocycles. The first-order valence-electron chi connectivity index (χ1n) is 10.5. The van der Waals surface area contributed by atoms with Crippen LogP contribution >= 0.6 is 0 Å². The van der Waals surface area contributed by atoms with Crippen LogP contribution in [0.25, 0.3) is 5.69 Å². The first-order valence-corrected chi connectivity index (χ1v) is 10.5. The molecule has 7 nitrogen and oxygen atoms in total. The molecule has 0 bridgehead atoms. The van der Waals surface area contributed by atoms with Crippen molar-refractivity contribution in [3.8, 4) is 5.69 Å². The van der Waals surface area contributed by atoms with E-state index >= 15 is 0 Å². The van der Waals surface area contributed by atoms with Crippen LogP contribution < -0.4 is 11.1 Å². The lowest BCUT2D eigenvalue weighted by Gasteiger charge is -2.33. The summed E-state index contributed by atoms with van der Waals surface area (Å²) < 4.78 is 7.96. The summed E-state index contributed by atoms with van der Waals surface area (Å²) in [6.07, 6.45) is 3.83. The Morgan fingerprint density at radius 1 is 1.34 bits per heavy atom. The van der Waals surface area contributed by atoms with Crippen molar-refractivity contribution in [2.24, 2.45) is 5.73 Å². The number of rotatable bonds is 7. The van der Waals surface area contributed by atoms with Gasteiger partial charge in [0.15, 0.2) is 5.82 Å². The zero-order chi connectivity index (χ0) is 21.0. The number of hydrogen-bond acceptors (Lipinski definition) is 5. The van der Waals surface area contributed by atoms with Crippen molar-refractivity contribution < 1.29 is 9.53 Å². The molecule has 7 heteroatoms. The standard InChI is InChI=1S/C22H33N5O2/c1-5-11-29-19-12-16(9-10-17(19)23)22-25-20(13-21(28)24-4)26-27(22)18-8-6-7-14(2)15(18)3/h6-8,16-17,19H,5,9-13,23H2,1-4H3,(H,24,28)/t16-,17-,19-/m0/s1. The Morgan fingerprint density at radius 2 is 2.14 bits per heavy atom. The van der Waals surface area contributed by atoms with Gasteiger partial charge in [-0.1, -0.05) is 19.1 Å². The lowest BCUT2D eigenvalue weighted by molar-refractivity contribution is -0.120. The first kappa shape index (κ1) is 21.5. The Labute approximate surface area is 173 Å². The van der Waals surface area contributed by atoms with Gasteiger partial charge in [-0.05, 0) is 56.7 Å². The molecule has 1 saturated carbocycles. The molecule has 1 aliphatic rings. The number of carbonyl (C=O) groups is 1. The number of ether oxygens (including phenoxy) is 1. The molecule has 3 rings (SSSR count). The Kier molecular flexibility index (Phi) is 7.03. The van der Waals surface area contributed by atoms with Crippen LogP contribution in [0.1, 0.15) is 61.3 Å². The highest BCUT2D eigenvalue weighted by Gasteiger charge is 2.33. The van der Waals surface area contributed by atoms with Crippen LogP contribution in [0.3, 0.4) is 0 Å². The van der Waals surface area contributed by atoms with Gasteiger partial charge in [-0.25, -0.2) is 9.67 Å². The number of amides is 1. The Hall–Kier alpha value is -2.25. The lowest BCUT2D eigenvalue weighted by Crippen LogP contribution is -2.42. The van der Waals surface area contributed by atoms with E-state index in [0.717, 1.165) is 49.4 Å². The van der Waals surface area contributed by atoms with E-state index in [1.54, 1.807) is 7.05 Å². The fourth-order valence-corrected chi connectivity index (χ4v) is 3.93. The number of nitrogens with two attached hydrogens (primary N) is 1. The minimum absolute atomic E-state index is 0.0276. The van der Waals surface area contributed by atoms with Crippen molar-refractivity contribution in [2.75, 3.05) is 13.7 Å². The summed E-state index contributed by atoms with van der Waals surface area (Å²) in [6.45, 7) is 7.01. The lowest BCUT2D eigenvalue weighted by atomic mass is 9.83. The molecule has 0 unspecified atom stereocenters. The van der Waals surface area contributed by atoms with Crippen molar-refractivity contribution >= 4 is 5.91 Å². The minimum Gasteiger partial charge on any atom is -0.377 e. The van der Waals surface area contributed by atoms with Gasteiger partial charge in [-0.3, -0.25) is 4.79 Å². The fourth-order valence-electron chi connectivity index (χ4n) is 3.93. The largest absolute Gasteiger partial charge is 0.377 e. The molecule has 29 heavy (non-hydrogen) atoms. The van der Waals surface area contributed by atoms with Gasteiger partial charge in [-0.15, -0.1) is 0 Å². The second-order valence-corrected chi connectivity index (χ2v) is 7.95. The van der Waals surface area contributed by atoms with Crippen molar-refractivity contribution in [3.63, 3.8) is 0 Å². The van der Waals surface area contributed by atoms with Crippen molar-refractivity contribution in [2.45, 2.75) is 70.9 Å². The van der Waals surface area contributed by atoms with Gasteiger partial charge in [0.05, 0.1) is 18.2 Å². The summed E-state index contributed by atoms with van der Waals surface area (Å²) in [7, 11) is 1.63. The number of likely N-dealkylation sites (N-methyl/N-ethyl adjacent to an activating group) is 1. The maximum absolute atomic E-state index is 11.9. The van der Waals surface area contributed by atoms with E-state index in [0.29, 0.717) is 5.82 Å². The summed E-state index contributed by atoms with van der Waals surface area (Å²) in [5.41, 5.74) is 9.70. The maximum atomic E-state index is 11.9. The number of carbonyl (C=O) groups excluding carboxylic acids is 1. The number of nitrogens with one attached hydrogen (secondary N) is 1. The third kappa shape index (κ3) is 4.85. The van der Waals surface area contributed by atoms with E-state index in [2.05, 4.69) is 38.2 Å². The van der Waals surface area contributed by atoms with Gasteiger partial charge >= 0.3 is 0 Å². The van der Waals surface area contributed by atoms with Crippen LogP contribution in [0.4, 0.5) is 0 Å². The molecule has 1 aromatic carbocycles. The molecular formula is C22H33N5O2. The minimum atomic E-state index is -0.0931. The van der Waals surface area contributed by atoms with E-state index in [1.165, 1.54) is 5.56 Å². The molecule has 0 saturated heterocycles. The monoisotopic (exact) mass is 399 g/mol. The van der Waals surface area contributed by atoms with Gasteiger partial charge in [0.1, 0.15) is 5.82 Å². The molecule has 1 amide bonds. The molecule has 1 heterocycles. The van der Waals surface area contributed by atoms with Gasteiger partial charge in [0.25, 0.3) is 0 Å². The third-order valence-corrected chi connectivity index (χ3v) is 5.82. The van der Waals surface area contributed by atoms with Crippen LogP contribution in [-0.4, -0.2) is 46.5 Å². The zero-order valence-corrected chi connectivity index (χ0v) is 17.9. The number of aromatic nitrogens is 3. The molecule has 2 aromatic rings. The molecule has 0 aliphatic heterocycles. The average molecular weight is 400 g/mol. The van der Waals surface area contributed by atoms with Crippen LogP contribution in [0.2, 0.25) is 0 Å². The normalized spacial score (nSPS) is 21.9. The van der Waals surface area contributed by atoms with Crippen molar-refractivity contribution in [1.29, 1.82) is 0 Å². The topological polar surface area (TPSA) is 95.1 Å². The number of nitrogens with zero attached hydrogens (tertiary/aromatic N) is 3. The molecule has 158 valence electrons. The third-order valence-electron chi connectivity index (χ3n) is 5.82. The van der Waals surface area contributed by atoms with Crippen molar-refractivity contribution in [1.82, 2.24) is 20.1 Å². The second kappa shape index (κ2) is 9.50. The van der Waals surface area contributed by atoms with Crippen molar-refractivity contribution in [3.05, 3.63) is 41.0 Å². The van der Waals surface area contributed by atoms with E-state index in [9.17, 15) is 4.79 Å². The van der Waals surface area contributed by atoms with Crippen LogP contribution in [0, 0.1) is 13.8 Å². The average Bonchev–Trinajstić information content (AvgIpc) is 3.12. The molecule has 3 N–H and O–H groups in total. The predicted octanol–water partition coefficient (Wildman–Crippen LogP) is 2.56. The Morgan fingerprint density at radius 3 is 2.86 bits per heavy atom. The summed E-state index contributed by atoms with van der Waals surface area (Å²) in [5.74, 6) is 1.54. The fraction of sp³-hybridized carbons (Fsp3) is 0.591. The molecule has 0 radical (unpaired) electrons. The summed E-state index contributed by atoms with van der Waals surface area (Å²) in [4.78, 5) is 16.7. The van der Waals surface area contributed by atoms with Gasteiger partial charge in [0, 0.05) is 25.6 Å². The molecule has 1 aliphatic carbocycles.